The van der Waals surface area contributed by atoms with Gasteiger partial charge in [-0.2, -0.15) is 0 Å². The number of anilines is 1. The normalized spacial score (nSPS) is 12.2. The minimum Gasteiger partial charge on any atom is -0.396 e. The lowest BCUT2D eigenvalue weighted by Crippen LogP contribution is -2.09. The molecular formula is C10H11FN2O. The molecule has 2 rings (SSSR count). The van der Waals surface area contributed by atoms with E-state index in [0.717, 1.165) is 0 Å². The lowest BCUT2D eigenvalue weighted by atomic mass is 10.0. The van der Waals surface area contributed by atoms with Crippen LogP contribution in [0.25, 0.3) is 11.0 Å². The summed E-state index contributed by atoms with van der Waals surface area (Å²) in [5, 5.41) is 4.33. The van der Waals surface area contributed by atoms with E-state index in [4.69, 9.17) is 10.3 Å². The van der Waals surface area contributed by atoms with Crippen LogP contribution in [-0.2, 0) is 5.67 Å². The lowest BCUT2D eigenvalue weighted by Gasteiger charge is -2.09. The van der Waals surface area contributed by atoms with Crippen LogP contribution in [0.1, 0.15) is 19.5 Å². The van der Waals surface area contributed by atoms with Gasteiger partial charge in [0.2, 0.25) is 0 Å². The maximum Gasteiger partial charge on any atom is 0.190 e. The van der Waals surface area contributed by atoms with Gasteiger partial charge < -0.3 is 10.3 Å². The third-order valence-electron chi connectivity index (χ3n) is 2.09. The molecule has 4 heteroatoms. The highest BCUT2D eigenvalue weighted by Gasteiger charge is 2.26. The zero-order valence-electron chi connectivity index (χ0n) is 8.04. The fourth-order valence-electron chi connectivity index (χ4n) is 1.41. The van der Waals surface area contributed by atoms with E-state index in [9.17, 15) is 4.39 Å². The molecule has 0 saturated heterocycles. The number of benzene rings is 1. The molecule has 0 atom stereocenters. The number of nitrogen functional groups attached to an aromatic ring is 1. The van der Waals surface area contributed by atoms with Crippen molar-refractivity contribution in [3.63, 3.8) is 0 Å². The lowest BCUT2D eigenvalue weighted by molar-refractivity contribution is 0.207. The number of alkyl halides is 1. The van der Waals surface area contributed by atoms with E-state index in [0.29, 0.717) is 22.4 Å². The molecule has 3 nitrogen and oxygen atoms in total. The number of rotatable bonds is 1. The second-order valence-electron chi connectivity index (χ2n) is 3.73. The Balaban J connectivity index is 2.76. The van der Waals surface area contributed by atoms with Crippen molar-refractivity contribution in [2.45, 2.75) is 19.5 Å². The Kier molecular flexibility index (Phi) is 1.74. The van der Waals surface area contributed by atoms with Crippen molar-refractivity contribution >= 4 is 16.7 Å². The largest absolute Gasteiger partial charge is 0.396 e. The number of fused-ring (bicyclic) bond motifs is 1. The summed E-state index contributed by atoms with van der Waals surface area (Å²) in [7, 11) is 0. The Labute approximate surface area is 80.7 Å². The van der Waals surface area contributed by atoms with Crippen molar-refractivity contribution < 1.29 is 8.91 Å². The van der Waals surface area contributed by atoms with Crippen molar-refractivity contribution in [3.8, 4) is 0 Å². The molecule has 0 amide bonds. The molecule has 2 N–H and O–H groups in total. The molecule has 0 aliphatic carbocycles. The van der Waals surface area contributed by atoms with Crippen LogP contribution in [0.3, 0.4) is 0 Å². The first-order valence-corrected chi connectivity index (χ1v) is 4.33. The third kappa shape index (κ3) is 1.23. The molecule has 1 aromatic carbocycles. The molecule has 2 aromatic rings. The van der Waals surface area contributed by atoms with E-state index in [1.807, 2.05) is 0 Å². The van der Waals surface area contributed by atoms with Gasteiger partial charge in [0.05, 0.1) is 11.1 Å². The highest BCUT2D eigenvalue weighted by molar-refractivity contribution is 5.89. The van der Waals surface area contributed by atoms with Crippen molar-refractivity contribution in [2.24, 2.45) is 0 Å². The van der Waals surface area contributed by atoms with E-state index in [-0.39, 0.29) is 0 Å². The Hall–Kier alpha value is -1.58. The highest BCUT2D eigenvalue weighted by Crippen LogP contribution is 2.32. The van der Waals surface area contributed by atoms with Crippen LogP contribution in [0.5, 0.6) is 0 Å². The predicted molar refractivity (Wildman–Crippen MR) is 52.6 cm³/mol. The minimum atomic E-state index is -1.51. The van der Waals surface area contributed by atoms with Crippen LogP contribution in [0.2, 0.25) is 0 Å². The van der Waals surface area contributed by atoms with Crippen molar-refractivity contribution in [1.82, 2.24) is 5.16 Å². The second-order valence-corrected chi connectivity index (χ2v) is 3.73. The van der Waals surface area contributed by atoms with Gasteiger partial charge in [0.15, 0.2) is 11.3 Å². The molecule has 0 aliphatic rings. The second kappa shape index (κ2) is 2.70. The molecule has 74 valence electrons. The SMILES string of the molecule is CC(C)(F)c1noc2c(N)cccc12. The number of nitrogens with zero attached hydrogens (tertiary/aromatic N) is 1. The van der Waals surface area contributed by atoms with Crippen molar-refractivity contribution in [3.05, 3.63) is 23.9 Å². The van der Waals surface area contributed by atoms with Gasteiger partial charge in [-0.1, -0.05) is 11.2 Å². The molecule has 1 heterocycles. The quantitative estimate of drug-likeness (QED) is 0.710. The maximum absolute atomic E-state index is 13.7. The summed E-state index contributed by atoms with van der Waals surface area (Å²) < 4.78 is 18.6. The van der Waals surface area contributed by atoms with E-state index in [2.05, 4.69) is 5.16 Å². The number of para-hydroxylation sites is 1. The molecule has 0 saturated carbocycles. The number of halogens is 1. The Bertz CT molecular complexity index is 470. The highest BCUT2D eigenvalue weighted by atomic mass is 19.1. The summed E-state index contributed by atoms with van der Waals surface area (Å²) in [5.41, 5.74) is 5.36. The fourth-order valence-corrected chi connectivity index (χ4v) is 1.41. The zero-order chi connectivity index (χ0) is 10.3. The van der Waals surface area contributed by atoms with Gasteiger partial charge in [-0.15, -0.1) is 0 Å². The summed E-state index contributed by atoms with van der Waals surface area (Å²) in [5.74, 6) is 0. The Morgan fingerprint density at radius 1 is 1.43 bits per heavy atom. The first kappa shape index (κ1) is 8.99. The molecule has 0 aliphatic heterocycles. The standard InChI is InChI=1S/C10H11FN2O/c1-10(2,11)9-6-4-3-5-7(12)8(6)14-13-9/h3-5H,12H2,1-2H3. The monoisotopic (exact) mass is 194 g/mol. The third-order valence-corrected chi connectivity index (χ3v) is 2.09. The van der Waals surface area contributed by atoms with E-state index in [1.165, 1.54) is 13.8 Å². The molecule has 0 radical (unpaired) electrons. The van der Waals surface area contributed by atoms with Crippen LogP contribution >= 0.6 is 0 Å². The van der Waals surface area contributed by atoms with Gasteiger partial charge in [-0.05, 0) is 26.0 Å². The summed E-state index contributed by atoms with van der Waals surface area (Å²) in [4.78, 5) is 0. The zero-order valence-corrected chi connectivity index (χ0v) is 8.04. The first-order chi connectivity index (χ1) is 6.50. The minimum absolute atomic E-state index is 0.291. The molecule has 0 fully saturated rings. The van der Waals surface area contributed by atoms with E-state index >= 15 is 0 Å². The molecule has 0 spiro atoms. The molecular weight excluding hydrogens is 183 g/mol. The average molecular weight is 194 g/mol. The van der Waals surface area contributed by atoms with Crippen LogP contribution in [0.4, 0.5) is 10.1 Å². The van der Waals surface area contributed by atoms with Crippen LogP contribution < -0.4 is 5.73 Å². The summed E-state index contributed by atoms with van der Waals surface area (Å²) in [6.45, 7) is 2.88. The Morgan fingerprint density at radius 3 is 2.79 bits per heavy atom. The molecule has 0 unspecified atom stereocenters. The molecule has 14 heavy (non-hydrogen) atoms. The summed E-state index contributed by atoms with van der Waals surface area (Å²) in [6.07, 6.45) is 0. The molecule has 0 bridgehead atoms. The van der Waals surface area contributed by atoms with Gasteiger partial charge in [0.25, 0.3) is 0 Å². The average Bonchev–Trinajstić information content (AvgIpc) is 2.47. The first-order valence-electron chi connectivity index (χ1n) is 4.33. The van der Waals surface area contributed by atoms with Crippen molar-refractivity contribution in [2.75, 3.05) is 5.73 Å². The predicted octanol–water partition coefficient (Wildman–Crippen LogP) is 2.61. The fraction of sp³-hybridized carbons (Fsp3) is 0.300. The number of nitrogens with two attached hydrogens (primary N) is 1. The van der Waals surface area contributed by atoms with E-state index < -0.39 is 5.67 Å². The van der Waals surface area contributed by atoms with Crippen LogP contribution in [0, 0.1) is 0 Å². The number of hydrogen-bond acceptors (Lipinski definition) is 3. The van der Waals surface area contributed by atoms with Crippen molar-refractivity contribution in [1.29, 1.82) is 0 Å². The van der Waals surface area contributed by atoms with Gasteiger partial charge in [0, 0.05) is 0 Å². The smallest absolute Gasteiger partial charge is 0.190 e. The van der Waals surface area contributed by atoms with Crippen LogP contribution in [0.15, 0.2) is 22.7 Å². The van der Waals surface area contributed by atoms with Crippen LogP contribution in [-0.4, -0.2) is 5.16 Å². The van der Waals surface area contributed by atoms with Gasteiger partial charge in [-0.3, -0.25) is 0 Å². The topological polar surface area (TPSA) is 52.0 Å². The number of aromatic nitrogens is 1. The molecule has 1 aromatic heterocycles. The van der Waals surface area contributed by atoms with Gasteiger partial charge in [-0.25, -0.2) is 4.39 Å². The summed E-state index contributed by atoms with van der Waals surface area (Å²) in [6, 6.07) is 5.20. The summed E-state index contributed by atoms with van der Waals surface area (Å²) >= 11 is 0. The Morgan fingerprint density at radius 2 is 2.14 bits per heavy atom. The van der Waals surface area contributed by atoms with Gasteiger partial charge >= 0.3 is 0 Å². The van der Waals surface area contributed by atoms with E-state index in [1.54, 1.807) is 18.2 Å². The number of hydrogen-bond donors (Lipinski definition) is 1. The maximum atomic E-state index is 13.7. The van der Waals surface area contributed by atoms with Gasteiger partial charge in [0.1, 0.15) is 5.69 Å².